The summed E-state index contributed by atoms with van der Waals surface area (Å²) in [5.74, 6) is 0.375. The number of aliphatic hydroxyl groups excluding tert-OH is 1. The number of H-pyrrole nitrogens is 1. The van der Waals surface area contributed by atoms with Crippen LogP contribution in [0.5, 0.6) is 0 Å². The first-order valence-corrected chi connectivity index (χ1v) is 7.94. The molecule has 0 aliphatic heterocycles. The number of aromatic nitrogens is 4. The largest absolute Gasteiger partial charge is 0.416 e. The van der Waals surface area contributed by atoms with Gasteiger partial charge < -0.3 is 10.1 Å². The summed E-state index contributed by atoms with van der Waals surface area (Å²) in [6.45, 7) is 4.83. The van der Waals surface area contributed by atoms with Gasteiger partial charge in [0.15, 0.2) is 5.65 Å². The molecule has 6 nitrogen and oxygen atoms in total. The highest BCUT2D eigenvalue weighted by atomic mass is 19.4. The summed E-state index contributed by atoms with van der Waals surface area (Å²) in [7, 11) is 0. The lowest BCUT2D eigenvalue weighted by Crippen LogP contribution is -2.13. The predicted molar refractivity (Wildman–Crippen MR) is 88.8 cm³/mol. The molecule has 1 aromatic carbocycles. The number of hydrogen-bond acceptors (Lipinski definition) is 4. The minimum atomic E-state index is -4.41. The first kappa shape index (κ1) is 18.1. The normalized spacial score (nSPS) is 14.6. The van der Waals surface area contributed by atoms with Crippen LogP contribution in [0.25, 0.3) is 11.0 Å². The second-order valence-electron chi connectivity index (χ2n) is 6.15. The molecule has 2 heterocycles. The first-order chi connectivity index (χ1) is 12.1. The third kappa shape index (κ3) is 3.10. The molecular weight excluding hydrogens is 349 g/mol. The van der Waals surface area contributed by atoms with Crippen molar-refractivity contribution in [1.29, 1.82) is 0 Å². The fourth-order valence-electron chi connectivity index (χ4n) is 2.84. The molecule has 138 valence electrons. The molecule has 2 N–H and O–H groups in total. The highest BCUT2D eigenvalue weighted by Gasteiger charge is 2.30. The Kier molecular flexibility index (Phi) is 4.35. The number of aliphatic hydroxyl groups is 1. The van der Waals surface area contributed by atoms with Gasteiger partial charge in [-0.1, -0.05) is 12.1 Å². The molecule has 9 heteroatoms. The smallest absolute Gasteiger partial charge is 0.387 e. The fourth-order valence-corrected chi connectivity index (χ4v) is 2.84. The van der Waals surface area contributed by atoms with Gasteiger partial charge in [0.2, 0.25) is 0 Å². The molecule has 0 saturated heterocycles. The summed E-state index contributed by atoms with van der Waals surface area (Å²) < 4.78 is 39.7. The highest BCUT2D eigenvalue weighted by molar-refractivity contribution is 5.78. The Morgan fingerprint density at radius 1 is 1.19 bits per heavy atom. The van der Waals surface area contributed by atoms with Crippen molar-refractivity contribution < 1.29 is 18.3 Å². The number of benzene rings is 1. The molecule has 26 heavy (non-hydrogen) atoms. The van der Waals surface area contributed by atoms with Crippen LogP contribution < -0.4 is 5.56 Å². The van der Waals surface area contributed by atoms with Crippen LogP contribution in [0, 0.1) is 6.92 Å². The zero-order valence-corrected chi connectivity index (χ0v) is 14.3. The van der Waals surface area contributed by atoms with Crippen molar-refractivity contribution in [1.82, 2.24) is 19.7 Å². The summed E-state index contributed by atoms with van der Waals surface area (Å²) in [5, 5.41) is 14.4. The molecule has 2 atom stereocenters. The Labute approximate surface area is 146 Å². The Hall–Kier alpha value is -2.68. The van der Waals surface area contributed by atoms with Gasteiger partial charge >= 0.3 is 6.18 Å². The molecule has 3 rings (SSSR count). The number of fused-ring (bicyclic) bond motifs is 1. The van der Waals surface area contributed by atoms with Crippen molar-refractivity contribution in [3.8, 4) is 0 Å². The lowest BCUT2D eigenvalue weighted by atomic mass is 10.1. The molecule has 0 radical (unpaired) electrons. The maximum absolute atomic E-state index is 12.7. The molecule has 0 fully saturated rings. The lowest BCUT2D eigenvalue weighted by molar-refractivity contribution is -0.137. The van der Waals surface area contributed by atoms with Crippen LogP contribution >= 0.6 is 0 Å². The van der Waals surface area contributed by atoms with E-state index in [0.717, 1.165) is 12.1 Å². The fraction of sp³-hybridized carbons (Fsp3) is 0.353. The van der Waals surface area contributed by atoms with Crippen LogP contribution in [-0.4, -0.2) is 24.9 Å². The number of alkyl halides is 3. The van der Waals surface area contributed by atoms with Gasteiger partial charge in [-0.05, 0) is 38.5 Å². The maximum Gasteiger partial charge on any atom is 0.416 e. The zero-order chi connectivity index (χ0) is 19.2. The Bertz CT molecular complexity index is 1000. The SMILES string of the molecule is Cc1nc2c(c(C(C)O)nn2C(C)c2ccc(C(F)(F)F)cc2)c(=O)[nH]1. The van der Waals surface area contributed by atoms with Gasteiger partial charge in [-0.25, -0.2) is 9.67 Å². The van der Waals surface area contributed by atoms with E-state index in [2.05, 4.69) is 15.1 Å². The summed E-state index contributed by atoms with van der Waals surface area (Å²) in [5.41, 5.74) is -0.149. The number of halogens is 3. The van der Waals surface area contributed by atoms with Gasteiger partial charge in [0.05, 0.1) is 17.7 Å². The van der Waals surface area contributed by atoms with Crippen molar-refractivity contribution in [2.45, 2.75) is 39.1 Å². The van der Waals surface area contributed by atoms with Crippen LogP contribution in [0.3, 0.4) is 0 Å². The van der Waals surface area contributed by atoms with E-state index in [9.17, 15) is 23.1 Å². The second kappa shape index (κ2) is 6.24. The Morgan fingerprint density at radius 3 is 2.35 bits per heavy atom. The van der Waals surface area contributed by atoms with E-state index in [4.69, 9.17) is 0 Å². The summed E-state index contributed by atoms with van der Waals surface area (Å²) in [6, 6.07) is 4.24. The third-order valence-corrected chi connectivity index (χ3v) is 4.19. The molecule has 0 saturated carbocycles. The summed E-state index contributed by atoms with van der Waals surface area (Å²) in [6.07, 6.45) is -5.41. The van der Waals surface area contributed by atoms with Crippen LogP contribution in [0.15, 0.2) is 29.1 Å². The standard InChI is InChI=1S/C17H17F3N4O2/c1-8(11-4-6-12(7-5-11)17(18,19)20)24-15-13(14(23-24)9(2)25)16(26)22-10(3)21-15/h4-9,25H,1-3H3,(H,21,22,26). The van der Waals surface area contributed by atoms with E-state index in [1.807, 2.05) is 0 Å². The van der Waals surface area contributed by atoms with Crippen molar-refractivity contribution in [2.75, 3.05) is 0 Å². The van der Waals surface area contributed by atoms with Crippen molar-refractivity contribution >= 4 is 11.0 Å². The van der Waals surface area contributed by atoms with Gasteiger partial charge in [-0.15, -0.1) is 0 Å². The number of nitrogens with one attached hydrogen (secondary N) is 1. The summed E-state index contributed by atoms with van der Waals surface area (Å²) in [4.78, 5) is 19.1. The minimum absolute atomic E-state index is 0.171. The molecule has 2 unspecified atom stereocenters. The van der Waals surface area contributed by atoms with Gasteiger partial charge in [-0.2, -0.15) is 18.3 Å². The second-order valence-corrected chi connectivity index (χ2v) is 6.15. The number of rotatable bonds is 3. The van der Waals surface area contributed by atoms with E-state index >= 15 is 0 Å². The third-order valence-electron chi connectivity index (χ3n) is 4.19. The van der Waals surface area contributed by atoms with E-state index in [1.165, 1.54) is 23.7 Å². The van der Waals surface area contributed by atoms with E-state index < -0.39 is 29.4 Å². The molecule has 0 aliphatic carbocycles. The lowest BCUT2D eigenvalue weighted by Gasteiger charge is -2.15. The zero-order valence-electron chi connectivity index (χ0n) is 14.3. The van der Waals surface area contributed by atoms with Gasteiger partial charge in [0, 0.05) is 0 Å². The monoisotopic (exact) mass is 366 g/mol. The van der Waals surface area contributed by atoms with Crippen LogP contribution in [0.2, 0.25) is 0 Å². The average molecular weight is 366 g/mol. The maximum atomic E-state index is 12.7. The molecule has 0 amide bonds. The van der Waals surface area contributed by atoms with Crippen molar-refractivity contribution in [3.63, 3.8) is 0 Å². The van der Waals surface area contributed by atoms with Crippen LogP contribution in [-0.2, 0) is 6.18 Å². The highest BCUT2D eigenvalue weighted by Crippen LogP contribution is 2.31. The molecule has 0 spiro atoms. The molecule has 0 bridgehead atoms. The quantitative estimate of drug-likeness (QED) is 0.746. The first-order valence-electron chi connectivity index (χ1n) is 7.94. The van der Waals surface area contributed by atoms with E-state index in [1.54, 1.807) is 13.8 Å². The molecular formula is C17H17F3N4O2. The molecule has 3 aromatic rings. The Morgan fingerprint density at radius 2 is 1.81 bits per heavy atom. The molecule has 2 aromatic heterocycles. The number of nitrogens with zero attached hydrogens (tertiary/aromatic N) is 3. The van der Waals surface area contributed by atoms with Crippen LogP contribution in [0.4, 0.5) is 13.2 Å². The molecule has 0 aliphatic rings. The average Bonchev–Trinajstić information content (AvgIpc) is 2.93. The minimum Gasteiger partial charge on any atom is -0.387 e. The van der Waals surface area contributed by atoms with Crippen LogP contribution in [0.1, 0.15) is 48.6 Å². The topological polar surface area (TPSA) is 83.8 Å². The number of hydrogen-bond donors (Lipinski definition) is 2. The number of aromatic amines is 1. The van der Waals surface area contributed by atoms with Gasteiger partial charge in [-0.3, -0.25) is 4.79 Å². The number of aryl methyl sites for hydroxylation is 1. The Balaban J connectivity index is 2.14. The van der Waals surface area contributed by atoms with Gasteiger partial charge in [0.25, 0.3) is 5.56 Å². The van der Waals surface area contributed by atoms with E-state index in [-0.39, 0.29) is 16.7 Å². The van der Waals surface area contributed by atoms with Gasteiger partial charge in [0.1, 0.15) is 16.9 Å². The van der Waals surface area contributed by atoms with E-state index in [0.29, 0.717) is 11.4 Å². The van der Waals surface area contributed by atoms with Crippen molar-refractivity contribution in [3.05, 3.63) is 57.3 Å². The predicted octanol–water partition coefficient (Wildman–Crippen LogP) is 3.11. The summed E-state index contributed by atoms with van der Waals surface area (Å²) >= 11 is 0. The van der Waals surface area contributed by atoms with Crippen molar-refractivity contribution in [2.24, 2.45) is 0 Å².